The van der Waals surface area contributed by atoms with Crippen molar-refractivity contribution in [3.8, 4) is 5.75 Å². The second kappa shape index (κ2) is 7.64. The van der Waals surface area contributed by atoms with Crippen LogP contribution in [-0.2, 0) is 9.84 Å². The molecule has 4 nitrogen and oxygen atoms in total. The standard InChI is InChI=1S/C15H25NO3S/c1-12(2)14-9-13(3)10-15(11-14)19-7-5-16-6-8-20(4,17)18/h9-12,16H,5-8H2,1-4H3. The third-order valence-electron chi connectivity index (χ3n) is 2.94. The Balaban J connectivity index is 2.35. The highest BCUT2D eigenvalue weighted by Gasteiger charge is 2.04. The van der Waals surface area contributed by atoms with E-state index in [9.17, 15) is 8.42 Å². The summed E-state index contributed by atoms with van der Waals surface area (Å²) in [5.41, 5.74) is 2.46. The fraction of sp³-hybridized carbons (Fsp3) is 0.600. The number of rotatable bonds is 8. The number of benzene rings is 1. The largest absolute Gasteiger partial charge is 0.492 e. The smallest absolute Gasteiger partial charge is 0.148 e. The molecule has 0 radical (unpaired) electrons. The Hall–Kier alpha value is -1.07. The first-order chi connectivity index (χ1) is 9.28. The zero-order valence-corrected chi connectivity index (χ0v) is 13.6. The van der Waals surface area contributed by atoms with E-state index in [0.717, 1.165) is 5.75 Å². The fourth-order valence-corrected chi connectivity index (χ4v) is 2.33. The van der Waals surface area contributed by atoms with Gasteiger partial charge in [-0.25, -0.2) is 8.42 Å². The van der Waals surface area contributed by atoms with Gasteiger partial charge in [-0.15, -0.1) is 0 Å². The molecule has 0 bridgehead atoms. The zero-order chi connectivity index (χ0) is 15.2. The second-order valence-electron chi connectivity index (χ2n) is 5.46. The van der Waals surface area contributed by atoms with Crippen molar-refractivity contribution >= 4 is 9.84 Å². The van der Waals surface area contributed by atoms with E-state index in [4.69, 9.17) is 4.74 Å². The average molecular weight is 299 g/mol. The third kappa shape index (κ3) is 6.91. The zero-order valence-electron chi connectivity index (χ0n) is 12.8. The Kier molecular flexibility index (Phi) is 6.49. The van der Waals surface area contributed by atoms with E-state index in [-0.39, 0.29) is 5.75 Å². The molecule has 1 aromatic carbocycles. The fourth-order valence-electron chi connectivity index (χ4n) is 1.82. The van der Waals surface area contributed by atoms with Gasteiger partial charge in [-0.1, -0.05) is 19.9 Å². The van der Waals surface area contributed by atoms with Crippen LogP contribution in [0.2, 0.25) is 0 Å². The predicted octanol–water partition coefficient (Wildman–Crippen LogP) is 2.13. The number of sulfone groups is 1. The van der Waals surface area contributed by atoms with Crippen molar-refractivity contribution in [3.63, 3.8) is 0 Å². The lowest BCUT2D eigenvalue weighted by molar-refractivity contribution is 0.315. The van der Waals surface area contributed by atoms with Crippen molar-refractivity contribution in [2.75, 3.05) is 31.7 Å². The van der Waals surface area contributed by atoms with E-state index >= 15 is 0 Å². The number of aryl methyl sites for hydroxylation is 1. The Morgan fingerprint density at radius 3 is 2.50 bits per heavy atom. The van der Waals surface area contributed by atoms with Gasteiger partial charge in [0, 0.05) is 19.3 Å². The van der Waals surface area contributed by atoms with Gasteiger partial charge in [0.15, 0.2) is 0 Å². The van der Waals surface area contributed by atoms with E-state index in [1.54, 1.807) is 0 Å². The Bertz CT molecular complexity index is 524. The van der Waals surface area contributed by atoms with Crippen LogP contribution in [0.15, 0.2) is 18.2 Å². The van der Waals surface area contributed by atoms with Gasteiger partial charge in [0.1, 0.15) is 22.2 Å². The molecule has 0 amide bonds. The van der Waals surface area contributed by atoms with Crippen LogP contribution in [0.5, 0.6) is 5.75 Å². The lowest BCUT2D eigenvalue weighted by Crippen LogP contribution is -2.26. The topological polar surface area (TPSA) is 55.4 Å². The first-order valence-corrected chi connectivity index (χ1v) is 8.97. The first-order valence-electron chi connectivity index (χ1n) is 6.91. The SMILES string of the molecule is Cc1cc(OCCNCCS(C)(=O)=O)cc(C(C)C)c1. The maximum Gasteiger partial charge on any atom is 0.148 e. The van der Waals surface area contributed by atoms with E-state index in [1.807, 2.05) is 6.07 Å². The summed E-state index contributed by atoms with van der Waals surface area (Å²) < 4.78 is 27.6. The van der Waals surface area contributed by atoms with Gasteiger partial charge < -0.3 is 10.1 Å². The van der Waals surface area contributed by atoms with Crippen molar-refractivity contribution in [2.24, 2.45) is 0 Å². The number of hydrogen-bond donors (Lipinski definition) is 1. The molecule has 0 fully saturated rings. The maximum atomic E-state index is 11.0. The molecule has 0 heterocycles. The summed E-state index contributed by atoms with van der Waals surface area (Å²) >= 11 is 0. The van der Waals surface area contributed by atoms with E-state index in [0.29, 0.717) is 25.6 Å². The summed E-state index contributed by atoms with van der Waals surface area (Å²) in [5.74, 6) is 1.51. The van der Waals surface area contributed by atoms with Crippen molar-refractivity contribution < 1.29 is 13.2 Å². The molecule has 0 aliphatic heterocycles. The second-order valence-corrected chi connectivity index (χ2v) is 7.72. The summed E-state index contributed by atoms with van der Waals surface area (Å²) in [6.07, 6.45) is 1.24. The highest BCUT2D eigenvalue weighted by atomic mass is 32.2. The van der Waals surface area contributed by atoms with Crippen molar-refractivity contribution in [2.45, 2.75) is 26.7 Å². The van der Waals surface area contributed by atoms with Gasteiger partial charge in [-0.2, -0.15) is 0 Å². The molecule has 5 heteroatoms. The van der Waals surface area contributed by atoms with Gasteiger partial charge in [-0.05, 0) is 36.1 Å². The van der Waals surface area contributed by atoms with Crippen LogP contribution in [0.3, 0.4) is 0 Å². The molecule has 20 heavy (non-hydrogen) atoms. The van der Waals surface area contributed by atoms with E-state index in [1.165, 1.54) is 17.4 Å². The van der Waals surface area contributed by atoms with Crippen LogP contribution in [0, 0.1) is 6.92 Å². The summed E-state index contributed by atoms with van der Waals surface area (Å²) in [5, 5.41) is 3.06. The van der Waals surface area contributed by atoms with Crippen LogP contribution in [-0.4, -0.2) is 40.1 Å². The van der Waals surface area contributed by atoms with E-state index < -0.39 is 9.84 Å². The van der Waals surface area contributed by atoms with Crippen LogP contribution in [0.25, 0.3) is 0 Å². The normalized spacial score (nSPS) is 11.8. The van der Waals surface area contributed by atoms with Crippen molar-refractivity contribution in [1.82, 2.24) is 5.32 Å². The van der Waals surface area contributed by atoms with Gasteiger partial charge in [-0.3, -0.25) is 0 Å². The van der Waals surface area contributed by atoms with Crippen LogP contribution in [0.1, 0.15) is 30.9 Å². The highest BCUT2D eigenvalue weighted by Crippen LogP contribution is 2.22. The summed E-state index contributed by atoms with van der Waals surface area (Å²) in [7, 11) is -2.89. The van der Waals surface area contributed by atoms with Crippen LogP contribution < -0.4 is 10.1 Å². The lowest BCUT2D eigenvalue weighted by atomic mass is 10.0. The van der Waals surface area contributed by atoms with Gasteiger partial charge >= 0.3 is 0 Å². The molecule has 0 aliphatic carbocycles. The lowest BCUT2D eigenvalue weighted by Gasteiger charge is -2.12. The number of hydrogen-bond acceptors (Lipinski definition) is 4. The minimum Gasteiger partial charge on any atom is -0.492 e. The minimum absolute atomic E-state index is 0.162. The maximum absolute atomic E-state index is 11.0. The summed E-state index contributed by atoms with van der Waals surface area (Å²) in [4.78, 5) is 0. The predicted molar refractivity (Wildman–Crippen MR) is 83.3 cm³/mol. The van der Waals surface area contributed by atoms with Gasteiger partial charge in [0.05, 0.1) is 5.75 Å². The van der Waals surface area contributed by atoms with Crippen LogP contribution >= 0.6 is 0 Å². The molecule has 0 spiro atoms. The minimum atomic E-state index is -2.89. The van der Waals surface area contributed by atoms with Crippen molar-refractivity contribution in [3.05, 3.63) is 29.3 Å². The Labute approximate surface area is 122 Å². The monoisotopic (exact) mass is 299 g/mol. The molecular formula is C15H25NO3S. The molecule has 0 saturated heterocycles. The number of ether oxygens (including phenoxy) is 1. The molecule has 1 aromatic rings. The molecule has 0 aromatic heterocycles. The average Bonchev–Trinajstić information content (AvgIpc) is 2.31. The van der Waals surface area contributed by atoms with Gasteiger partial charge in [0.2, 0.25) is 0 Å². The Morgan fingerprint density at radius 1 is 1.20 bits per heavy atom. The first kappa shape index (κ1) is 17.0. The molecular weight excluding hydrogens is 274 g/mol. The molecule has 0 aliphatic rings. The highest BCUT2D eigenvalue weighted by molar-refractivity contribution is 7.90. The molecule has 0 unspecified atom stereocenters. The molecule has 0 atom stereocenters. The molecule has 1 N–H and O–H groups in total. The summed E-state index contributed by atoms with van der Waals surface area (Å²) in [6.45, 7) is 8.01. The number of nitrogens with one attached hydrogen (secondary N) is 1. The molecule has 114 valence electrons. The molecule has 0 saturated carbocycles. The Morgan fingerprint density at radius 2 is 1.90 bits per heavy atom. The quantitative estimate of drug-likeness (QED) is 0.747. The molecule has 1 rings (SSSR count). The van der Waals surface area contributed by atoms with Crippen molar-refractivity contribution in [1.29, 1.82) is 0 Å². The van der Waals surface area contributed by atoms with Crippen LogP contribution in [0.4, 0.5) is 0 Å². The van der Waals surface area contributed by atoms with Gasteiger partial charge in [0.25, 0.3) is 0 Å². The summed E-state index contributed by atoms with van der Waals surface area (Å²) in [6, 6.07) is 6.25. The third-order valence-corrected chi connectivity index (χ3v) is 3.88. The van der Waals surface area contributed by atoms with E-state index in [2.05, 4.69) is 38.2 Å².